The molecule has 2 N–H and O–H groups in total. The van der Waals surface area contributed by atoms with Crippen LogP contribution >= 0.6 is 0 Å². The van der Waals surface area contributed by atoms with Crippen molar-refractivity contribution in [3.63, 3.8) is 0 Å². The smallest absolute Gasteiger partial charge is 0.134 e. The molecule has 0 radical (unpaired) electrons. The molecule has 0 aliphatic carbocycles. The van der Waals surface area contributed by atoms with Gasteiger partial charge in [0, 0.05) is 0 Å². The molecular weight excluding hydrogens is 252 g/mol. The van der Waals surface area contributed by atoms with Crippen molar-refractivity contribution < 1.29 is 10.2 Å². The zero-order valence-corrected chi connectivity index (χ0v) is 12.8. The molecule has 1 aromatic rings. The largest absolute Gasteiger partial charge is 0.378 e. The van der Waals surface area contributed by atoms with Gasteiger partial charge in [0.15, 0.2) is 0 Å². The zero-order chi connectivity index (χ0) is 15.6. The first-order valence-corrected chi connectivity index (χ1v) is 6.34. The highest BCUT2D eigenvalue weighted by atomic mass is 16.3. The third-order valence-corrected chi connectivity index (χ3v) is 2.22. The van der Waals surface area contributed by atoms with Crippen molar-refractivity contribution in [2.75, 3.05) is 0 Å². The molecule has 0 aliphatic rings. The maximum atomic E-state index is 9.60. The summed E-state index contributed by atoms with van der Waals surface area (Å²) >= 11 is 0. The lowest BCUT2D eigenvalue weighted by atomic mass is 10.1. The Hall–Kier alpha value is -1.88. The molecule has 106 valence electrons. The molecule has 1 aromatic heterocycles. The van der Waals surface area contributed by atoms with Gasteiger partial charge in [-0.25, -0.2) is 9.97 Å². The van der Waals surface area contributed by atoms with Gasteiger partial charge in [0.2, 0.25) is 0 Å². The second-order valence-corrected chi connectivity index (χ2v) is 5.71. The van der Waals surface area contributed by atoms with Gasteiger partial charge in [-0.1, -0.05) is 11.8 Å². The summed E-state index contributed by atoms with van der Waals surface area (Å²) in [7, 11) is 0. The van der Waals surface area contributed by atoms with Crippen LogP contribution in [0.1, 0.15) is 50.5 Å². The van der Waals surface area contributed by atoms with Gasteiger partial charge in [-0.2, -0.15) is 0 Å². The molecule has 0 saturated heterocycles. The minimum absolute atomic E-state index is 0.526. The number of rotatable bonds is 0. The molecule has 0 spiro atoms. The molecule has 4 nitrogen and oxygen atoms in total. The van der Waals surface area contributed by atoms with Crippen LogP contribution in [0.25, 0.3) is 0 Å². The first-order valence-electron chi connectivity index (χ1n) is 6.34. The second-order valence-electron chi connectivity index (χ2n) is 5.71. The Morgan fingerprint density at radius 1 is 0.750 bits per heavy atom. The number of hydrogen-bond acceptors (Lipinski definition) is 4. The summed E-state index contributed by atoms with van der Waals surface area (Å²) < 4.78 is 0. The Labute approximate surface area is 120 Å². The van der Waals surface area contributed by atoms with Crippen molar-refractivity contribution in [3.8, 4) is 23.7 Å². The molecule has 4 heteroatoms. The first-order chi connectivity index (χ1) is 8.98. The Kier molecular flexibility index (Phi) is 4.55. The summed E-state index contributed by atoms with van der Waals surface area (Å²) in [5, 5.41) is 19.2. The van der Waals surface area contributed by atoms with E-state index >= 15 is 0 Å². The predicted molar refractivity (Wildman–Crippen MR) is 77.9 cm³/mol. The molecule has 1 rings (SSSR count). The molecule has 20 heavy (non-hydrogen) atoms. The SMILES string of the molecule is Cc1nc(C#CC(C)(C)O)c(C)nc1C#CC(C)(C)O. The van der Waals surface area contributed by atoms with E-state index in [4.69, 9.17) is 0 Å². The van der Waals surface area contributed by atoms with Gasteiger partial charge in [0.25, 0.3) is 0 Å². The van der Waals surface area contributed by atoms with Gasteiger partial charge in [0.05, 0.1) is 11.4 Å². The van der Waals surface area contributed by atoms with Gasteiger partial charge < -0.3 is 10.2 Å². The fraction of sp³-hybridized carbons (Fsp3) is 0.500. The minimum atomic E-state index is -1.07. The summed E-state index contributed by atoms with van der Waals surface area (Å²) in [6.07, 6.45) is 0. The molecule has 0 aromatic carbocycles. The summed E-state index contributed by atoms with van der Waals surface area (Å²) in [5.74, 6) is 11.1. The van der Waals surface area contributed by atoms with Crippen LogP contribution in [-0.2, 0) is 0 Å². The lowest BCUT2D eigenvalue weighted by Gasteiger charge is -2.08. The molecular formula is C16H20N2O2. The Bertz CT molecular complexity index is 569. The van der Waals surface area contributed by atoms with Gasteiger partial charge in [-0.15, -0.1) is 0 Å². The van der Waals surface area contributed by atoms with Crippen LogP contribution in [-0.4, -0.2) is 31.4 Å². The lowest BCUT2D eigenvalue weighted by molar-refractivity contribution is 0.143. The summed E-state index contributed by atoms with van der Waals surface area (Å²) in [5.41, 5.74) is 0.208. The van der Waals surface area contributed by atoms with Crippen LogP contribution in [0, 0.1) is 37.5 Å². The summed E-state index contributed by atoms with van der Waals surface area (Å²) in [4.78, 5) is 8.69. The van der Waals surface area contributed by atoms with Crippen molar-refractivity contribution >= 4 is 0 Å². The normalized spacial score (nSPS) is 11.2. The molecule has 1 heterocycles. The van der Waals surface area contributed by atoms with E-state index in [9.17, 15) is 10.2 Å². The number of aromatic nitrogens is 2. The number of aryl methyl sites for hydroxylation is 2. The Morgan fingerprint density at radius 2 is 1.05 bits per heavy atom. The number of hydrogen-bond donors (Lipinski definition) is 2. The second kappa shape index (κ2) is 5.63. The van der Waals surface area contributed by atoms with E-state index < -0.39 is 11.2 Å². The maximum Gasteiger partial charge on any atom is 0.134 e. The van der Waals surface area contributed by atoms with E-state index in [0.717, 1.165) is 0 Å². The molecule has 0 atom stereocenters. The average molecular weight is 272 g/mol. The fourth-order valence-electron chi connectivity index (χ4n) is 1.26. The van der Waals surface area contributed by atoms with Gasteiger partial charge in [-0.3, -0.25) is 0 Å². The van der Waals surface area contributed by atoms with Crippen molar-refractivity contribution in [3.05, 3.63) is 22.8 Å². The third-order valence-electron chi connectivity index (χ3n) is 2.22. The predicted octanol–water partition coefficient (Wildman–Crippen LogP) is 1.34. The Balaban J connectivity index is 3.21. The molecule has 0 unspecified atom stereocenters. The third kappa shape index (κ3) is 5.40. The quantitative estimate of drug-likeness (QED) is 0.699. The van der Waals surface area contributed by atoms with Crippen LogP contribution in [0.2, 0.25) is 0 Å². The summed E-state index contributed by atoms with van der Waals surface area (Å²) in [6.45, 7) is 10.0. The van der Waals surface area contributed by atoms with E-state index in [1.54, 1.807) is 41.5 Å². The number of nitrogens with zero attached hydrogens (tertiary/aromatic N) is 2. The van der Waals surface area contributed by atoms with Crippen LogP contribution in [0.15, 0.2) is 0 Å². The minimum Gasteiger partial charge on any atom is -0.378 e. The van der Waals surface area contributed by atoms with Gasteiger partial charge in [0.1, 0.15) is 22.6 Å². The molecule has 0 aliphatic heterocycles. The molecule has 0 bridgehead atoms. The van der Waals surface area contributed by atoms with Crippen LogP contribution in [0.4, 0.5) is 0 Å². The topological polar surface area (TPSA) is 66.2 Å². The molecule has 0 saturated carbocycles. The molecule has 0 amide bonds. The van der Waals surface area contributed by atoms with Crippen LogP contribution in [0.3, 0.4) is 0 Å². The summed E-state index contributed by atoms with van der Waals surface area (Å²) in [6, 6.07) is 0. The van der Waals surface area contributed by atoms with Crippen molar-refractivity contribution in [1.82, 2.24) is 9.97 Å². The van der Waals surface area contributed by atoms with Crippen LogP contribution < -0.4 is 0 Å². The van der Waals surface area contributed by atoms with E-state index in [1.807, 2.05) is 0 Å². The average Bonchev–Trinajstić information content (AvgIpc) is 2.25. The lowest BCUT2D eigenvalue weighted by Crippen LogP contribution is -2.15. The Morgan fingerprint density at radius 3 is 1.30 bits per heavy atom. The zero-order valence-electron chi connectivity index (χ0n) is 12.8. The van der Waals surface area contributed by atoms with E-state index in [1.165, 1.54) is 0 Å². The highest BCUT2D eigenvalue weighted by molar-refractivity contribution is 5.40. The van der Waals surface area contributed by atoms with Gasteiger partial charge >= 0.3 is 0 Å². The van der Waals surface area contributed by atoms with Crippen molar-refractivity contribution in [2.45, 2.75) is 52.7 Å². The van der Waals surface area contributed by atoms with E-state index in [2.05, 4.69) is 33.6 Å². The van der Waals surface area contributed by atoms with Crippen molar-refractivity contribution in [1.29, 1.82) is 0 Å². The first kappa shape index (κ1) is 16.2. The van der Waals surface area contributed by atoms with Crippen LogP contribution in [0.5, 0.6) is 0 Å². The van der Waals surface area contributed by atoms with Crippen molar-refractivity contribution in [2.24, 2.45) is 0 Å². The molecule has 0 fully saturated rings. The highest BCUT2D eigenvalue weighted by Crippen LogP contribution is 2.08. The van der Waals surface area contributed by atoms with Gasteiger partial charge in [-0.05, 0) is 53.4 Å². The standard InChI is InChI=1S/C16H20N2O2/c1-11-13(7-9-15(3,4)19)18-12(2)14(17-11)8-10-16(5,6)20/h19-20H,1-6H3. The number of aliphatic hydroxyl groups is 2. The van der Waals surface area contributed by atoms with E-state index in [-0.39, 0.29) is 0 Å². The monoisotopic (exact) mass is 272 g/mol. The maximum absolute atomic E-state index is 9.60. The van der Waals surface area contributed by atoms with E-state index in [0.29, 0.717) is 22.8 Å². The fourth-order valence-corrected chi connectivity index (χ4v) is 1.26. The highest BCUT2D eigenvalue weighted by Gasteiger charge is 2.10.